The number of ether oxygens (including phenoxy) is 1. The standard InChI is InChI=1S/C6H15O3P/c1-6(5-8-2)9-10(3,4)7/h6H,5H2,1-4H3. The van der Waals surface area contributed by atoms with Crippen molar-refractivity contribution < 1.29 is 13.8 Å². The topological polar surface area (TPSA) is 35.5 Å². The maximum Gasteiger partial charge on any atom is 0.197 e. The normalized spacial score (nSPS) is 15.2. The lowest BCUT2D eigenvalue weighted by Gasteiger charge is -2.14. The zero-order valence-corrected chi connectivity index (χ0v) is 7.85. The van der Waals surface area contributed by atoms with Crippen LogP contribution in [0.3, 0.4) is 0 Å². The summed E-state index contributed by atoms with van der Waals surface area (Å²) >= 11 is 0. The van der Waals surface area contributed by atoms with Gasteiger partial charge >= 0.3 is 0 Å². The fourth-order valence-corrected chi connectivity index (χ4v) is 1.63. The summed E-state index contributed by atoms with van der Waals surface area (Å²) in [5.74, 6) is 0. The predicted octanol–water partition coefficient (Wildman–Crippen LogP) is 1.58. The monoisotopic (exact) mass is 166 g/mol. The van der Waals surface area contributed by atoms with Gasteiger partial charge in [0, 0.05) is 20.4 Å². The van der Waals surface area contributed by atoms with Crippen molar-refractivity contribution in [2.24, 2.45) is 0 Å². The summed E-state index contributed by atoms with van der Waals surface area (Å²) in [4.78, 5) is 0. The molecule has 4 heteroatoms. The number of rotatable bonds is 4. The van der Waals surface area contributed by atoms with Gasteiger partial charge in [-0.1, -0.05) is 0 Å². The van der Waals surface area contributed by atoms with Gasteiger partial charge in [-0.3, -0.25) is 4.57 Å². The molecule has 0 aliphatic carbocycles. The van der Waals surface area contributed by atoms with E-state index in [4.69, 9.17) is 9.26 Å². The molecule has 10 heavy (non-hydrogen) atoms. The van der Waals surface area contributed by atoms with E-state index in [1.165, 1.54) is 0 Å². The van der Waals surface area contributed by atoms with E-state index in [0.29, 0.717) is 6.61 Å². The van der Waals surface area contributed by atoms with Crippen molar-refractivity contribution in [1.82, 2.24) is 0 Å². The molecule has 1 atom stereocenters. The van der Waals surface area contributed by atoms with Crippen LogP contribution in [0, 0.1) is 0 Å². The summed E-state index contributed by atoms with van der Waals surface area (Å²) in [6, 6.07) is 0. The minimum Gasteiger partial charge on any atom is -0.382 e. The van der Waals surface area contributed by atoms with Crippen molar-refractivity contribution in [3.05, 3.63) is 0 Å². The van der Waals surface area contributed by atoms with E-state index in [-0.39, 0.29) is 6.10 Å². The van der Waals surface area contributed by atoms with Crippen molar-refractivity contribution in [3.8, 4) is 0 Å². The number of hydrogen-bond acceptors (Lipinski definition) is 3. The van der Waals surface area contributed by atoms with Crippen LogP contribution in [-0.2, 0) is 13.8 Å². The van der Waals surface area contributed by atoms with E-state index >= 15 is 0 Å². The molecule has 3 nitrogen and oxygen atoms in total. The molecule has 0 saturated carbocycles. The Labute approximate surface area is 62.2 Å². The smallest absolute Gasteiger partial charge is 0.197 e. The summed E-state index contributed by atoms with van der Waals surface area (Å²) in [7, 11) is -0.738. The van der Waals surface area contributed by atoms with Crippen molar-refractivity contribution in [1.29, 1.82) is 0 Å². The molecule has 0 heterocycles. The molecule has 0 rings (SSSR count). The molecule has 0 N–H and O–H groups in total. The van der Waals surface area contributed by atoms with Crippen LogP contribution in [0.5, 0.6) is 0 Å². The summed E-state index contributed by atoms with van der Waals surface area (Å²) in [5.41, 5.74) is 0. The highest BCUT2D eigenvalue weighted by Crippen LogP contribution is 2.38. The molecule has 0 aromatic rings. The molecule has 0 fully saturated rings. The first-order valence-corrected chi connectivity index (χ1v) is 5.70. The summed E-state index contributed by atoms with van der Waals surface area (Å²) in [5, 5.41) is 0. The van der Waals surface area contributed by atoms with Crippen LogP contribution in [0.1, 0.15) is 6.92 Å². The number of methoxy groups -OCH3 is 1. The molecule has 0 aromatic heterocycles. The van der Waals surface area contributed by atoms with Gasteiger partial charge in [0.15, 0.2) is 7.37 Å². The summed E-state index contributed by atoms with van der Waals surface area (Å²) in [6.45, 7) is 5.52. The lowest BCUT2D eigenvalue weighted by atomic mass is 10.5. The first-order chi connectivity index (χ1) is 4.45. The van der Waals surface area contributed by atoms with E-state index in [0.717, 1.165) is 0 Å². The number of hydrogen-bond donors (Lipinski definition) is 0. The molecule has 0 saturated heterocycles. The van der Waals surface area contributed by atoms with Crippen LogP contribution < -0.4 is 0 Å². The van der Waals surface area contributed by atoms with Gasteiger partial charge in [0.2, 0.25) is 0 Å². The Balaban J connectivity index is 3.58. The predicted molar refractivity (Wildman–Crippen MR) is 41.9 cm³/mol. The molecular weight excluding hydrogens is 151 g/mol. The van der Waals surface area contributed by atoms with E-state index in [1.807, 2.05) is 6.92 Å². The second-order valence-electron chi connectivity index (χ2n) is 2.62. The fraction of sp³-hybridized carbons (Fsp3) is 1.00. The van der Waals surface area contributed by atoms with Crippen LogP contribution in [0.15, 0.2) is 0 Å². The molecular formula is C6H15O3P. The second-order valence-corrected chi connectivity index (χ2v) is 5.34. The molecule has 0 bridgehead atoms. The van der Waals surface area contributed by atoms with E-state index in [9.17, 15) is 4.57 Å². The highest BCUT2D eigenvalue weighted by atomic mass is 31.2. The van der Waals surface area contributed by atoms with Crippen molar-refractivity contribution in [2.75, 3.05) is 27.0 Å². The lowest BCUT2D eigenvalue weighted by Crippen LogP contribution is -2.12. The Morgan fingerprint density at radius 3 is 2.30 bits per heavy atom. The van der Waals surface area contributed by atoms with E-state index < -0.39 is 7.37 Å². The largest absolute Gasteiger partial charge is 0.382 e. The van der Waals surface area contributed by atoms with E-state index in [2.05, 4.69) is 0 Å². The summed E-state index contributed by atoms with van der Waals surface area (Å²) < 4.78 is 20.9. The maximum absolute atomic E-state index is 11.0. The molecule has 0 aliphatic heterocycles. The molecule has 62 valence electrons. The lowest BCUT2D eigenvalue weighted by molar-refractivity contribution is 0.0953. The van der Waals surface area contributed by atoms with Crippen molar-refractivity contribution in [2.45, 2.75) is 13.0 Å². The first kappa shape index (κ1) is 10.2. The summed E-state index contributed by atoms with van der Waals surface area (Å²) in [6.07, 6.45) is -0.0779. The van der Waals surface area contributed by atoms with Gasteiger partial charge in [0.1, 0.15) is 0 Å². The van der Waals surface area contributed by atoms with Gasteiger partial charge in [0.25, 0.3) is 0 Å². The van der Waals surface area contributed by atoms with Crippen LogP contribution in [0.2, 0.25) is 0 Å². The third kappa shape index (κ3) is 6.27. The van der Waals surface area contributed by atoms with Crippen LogP contribution in [0.25, 0.3) is 0 Å². The van der Waals surface area contributed by atoms with Crippen LogP contribution in [0.4, 0.5) is 0 Å². The van der Waals surface area contributed by atoms with E-state index in [1.54, 1.807) is 20.4 Å². The Morgan fingerprint density at radius 1 is 1.50 bits per heavy atom. The molecule has 0 spiro atoms. The minimum atomic E-state index is -2.33. The van der Waals surface area contributed by atoms with Crippen LogP contribution >= 0.6 is 7.37 Å². The Hall–Kier alpha value is 0.150. The Kier molecular flexibility index (Phi) is 4.18. The highest BCUT2D eigenvalue weighted by molar-refractivity contribution is 7.57. The Bertz CT molecular complexity index is 129. The quantitative estimate of drug-likeness (QED) is 0.595. The first-order valence-electron chi connectivity index (χ1n) is 3.18. The zero-order valence-electron chi connectivity index (χ0n) is 6.96. The third-order valence-electron chi connectivity index (χ3n) is 0.835. The molecule has 0 aliphatic rings. The average Bonchev–Trinajstić information content (AvgIpc) is 1.59. The minimum absolute atomic E-state index is 0.0779. The van der Waals surface area contributed by atoms with Gasteiger partial charge in [-0.2, -0.15) is 0 Å². The highest BCUT2D eigenvalue weighted by Gasteiger charge is 2.11. The zero-order chi connectivity index (χ0) is 8.20. The van der Waals surface area contributed by atoms with Crippen LogP contribution in [-0.4, -0.2) is 33.2 Å². The van der Waals surface area contributed by atoms with Gasteiger partial charge < -0.3 is 9.26 Å². The maximum atomic E-state index is 11.0. The third-order valence-corrected chi connectivity index (χ3v) is 1.70. The molecule has 0 amide bonds. The average molecular weight is 166 g/mol. The van der Waals surface area contributed by atoms with Gasteiger partial charge in [-0.05, 0) is 6.92 Å². The van der Waals surface area contributed by atoms with Crippen molar-refractivity contribution in [3.63, 3.8) is 0 Å². The SMILES string of the molecule is COCC(C)OP(C)(C)=O. The molecule has 0 radical (unpaired) electrons. The second kappa shape index (κ2) is 4.12. The van der Waals surface area contributed by atoms with Gasteiger partial charge in [-0.25, -0.2) is 0 Å². The van der Waals surface area contributed by atoms with Gasteiger partial charge in [0.05, 0.1) is 12.7 Å². The van der Waals surface area contributed by atoms with Crippen molar-refractivity contribution >= 4 is 7.37 Å². The molecule has 0 aromatic carbocycles. The fourth-order valence-electron chi connectivity index (χ4n) is 0.698. The Morgan fingerprint density at radius 2 is 2.00 bits per heavy atom. The van der Waals surface area contributed by atoms with Gasteiger partial charge in [-0.15, -0.1) is 0 Å². The molecule has 1 unspecified atom stereocenters.